The monoisotopic (exact) mass is 437 g/mol. The van der Waals surface area contributed by atoms with Gasteiger partial charge in [-0.2, -0.15) is 0 Å². The predicted molar refractivity (Wildman–Crippen MR) is 124 cm³/mol. The fourth-order valence-corrected chi connectivity index (χ4v) is 3.87. The smallest absolute Gasteiger partial charge is 0.251 e. The van der Waals surface area contributed by atoms with Gasteiger partial charge in [0.15, 0.2) is 0 Å². The van der Waals surface area contributed by atoms with Crippen molar-refractivity contribution < 1.29 is 4.79 Å². The van der Waals surface area contributed by atoms with Gasteiger partial charge in [0.05, 0.1) is 28.3 Å². The molecule has 1 heterocycles. The van der Waals surface area contributed by atoms with Crippen molar-refractivity contribution in [2.75, 3.05) is 25.0 Å². The molecule has 3 aromatic carbocycles. The van der Waals surface area contributed by atoms with Crippen LogP contribution >= 0.6 is 23.2 Å². The highest BCUT2D eigenvalue weighted by Gasteiger charge is 2.24. The van der Waals surface area contributed by atoms with E-state index in [9.17, 15) is 4.79 Å². The van der Waals surface area contributed by atoms with Gasteiger partial charge in [-0.3, -0.25) is 9.79 Å². The summed E-state index contributed by atoms with van der Waals surface area (Å²) in [6.45, 7) is 1.02. The van der Waals surface area contributed by atoms with Gasteiger partial charge in [0, 0.05) is 36.0 Å². The number of aliphatic imine (C=N–C) groups is 1. The molecule has 0 aliphatic carbocycles. The van der Waals surface area contributed by atoms with Gasteiger partial charge in [-0.25, -0.2) is 0 Å². The normalized spacial score (nSPS) is 15.8. The van der Waals surface area contributed by atoms with E-state index in [1.165, 1.54) is 0 Å². The van der Waals surface area contributed by atoms with Gasteiger partial charge in [0.2, 0.25) is 0 Å². The first kappa shape index (κ1) is 20.5. The van der Waals surface area contributed by atoms with E-state index < -0.39 is 0 Å². The summed E-state index contributed by atoms with van der Waals surface area (Å²) < 4.78 is 0. The van der Waals surface area contributed by atoms with Crippen molar-refractivity contribution >= 4 is 40.5 Å². The molecule has 0 aromatic heterocycles. The van der Waals surface area contributed by atoms with Gasteiger partial charge < -0.3 is 10.2 Å². The van der Waals surface area contributed by atoms with E-state index in [1.54, 1.807) is 18.2 Å². The molecule has 1 aliphatic rings. The fourth-order valence-electron chi connectivity index (χ4n) is 3.58. The summed E-state index contributed by atoms with van der Waals surface area (Å²) >= 11 is 12.0. The lowest BCUT2D eigenvalue weighted by molar-refractivity contribution is 0.0951. The van der Waals surface area contributed by atoms with Crippen molar-refractivity contribution in [1.82, 2.24) is 5.32 Å². The van der Waals surface area contributed by atoms with Crippen LogP contribution in [0.25, 0.3) is 0 Å². The Morgan fingerprint density at radius 1 is 1.03 bits per heavy atom. The lowest BCUT2D eigenvalue weighted by Gasteiger charge is -2.28. The number of rotatable bonds is 4. The van der Waals surface area contributed by atoms with Crippen LogP contribution in [-0.2, 0) is 0 Å². The summed E-state index contributed by atoms with van der Waals surface area (Å²) in [5, 5.41) is 3.80. The predicted octanol–water partition coefficient (Wildman–Crippen LogP) is 5.08. The third-order valence-corrected chi connectivity index (χ3v) is 6.01. The first-order valence-corrected chi connectivity index (χ1v) is 10.5. The number of hydrogen-bond donors (Lipinski definition) is 1. The number of carbonyl (C=O) groups is 1. The van der Waals surface area contributed by atoms with E-state index in [4.69, 9.17) is 28.2 Å². The summed E-state index contributed by atoms with van der Waals surface area (Å²) in [5.74, 6) is -0.188. The average Bonchev–Trinajstić information content (AvgIpc) is 2.91. The lowest BCUT2D eigenvalue weighted by Crippen LogP contribution is -2.43. The molecule has 0 fully saturated rings. The summed E-state index contributed by atoms with van der Waals surface area (Å²) in [4.78, 5) is 19.7. The number of para-hydroxylation sites is 1. The minimum absolute atomic E-state index is 0.0130. The quantitative estimate of drug-likeness (QED) is 0.618. The van der Waals surface area contributed by atoms with Gasteiger partial charge in [-0.05, 0) is 24.3 Å². The van der Waals surface area contributed by atoms with Crippen molar-refractivity contribution in [1.29, 1.82) is 0 Å². The van der Waals surface area contributed by atoms with Crippen molar-refractivity contribution in [2.45, 2.75) is 6.04 Å². The Balaban J connectivity index is 1.57. The molecule has 6 heteroatoms. The average molecular weight is 438 g/mol. The number of anilines is 1. The molecule has 1 N–H and O–H groups in total. The molecular formula is C24H21Cl2N3O. The van der Waals surface area contributed by atoms with Crippen LogP contribution < -0.4 is 10.2 Å². The Kier molecular flexibility index (Phi) is 6.07. The van der Waals surface area contributed by atoms with Crippen molar-refractivity contribution in [3.05, 3.63) is 99.5 Å². The van der Waals surface area contributed by atoms with Gasteiger partial charge in [0.25, 0.3) is 5.91 Å². The van der Waals surface area contributed by atoms with E-state index in [0.717, 1.165) is 22.5 Å². The molecule has 30 heavy (non-hydrogen) atoms. The van der Waals surface area contributed by atoms with Gasteiger partial charge in [0.1, 0.15) is 0 Å². The van der Waals surface area contributed by atoms with Crippen LogP contribution in [0, 0.1) is 0 Å². The molecule has 1 amide bonds. The van der Waals surface area contributed by atoms with E-state index in [-0.39, 0.29) is 11.9 Å². The van der Waals surface area contributed by atoms with Gasteiger partial charge >= 0.3 is 0 Å². The van der Waals surface area contributed by atoms with Crippen LogP contribution in [0.3, 0.4) is 0 Å². The standard InChI is InChI=1S/C24H21Cl2N3O/c1-29-18(15-28-24(30)17-11-12-20(25)21(26)13-17)14-27-23(16-7-3-2-4-8-16)19-9-5-6-10-22(19)29/h2-13,18H,14-15H2,1H3,(H,28,30). The van der Waals surface area contributed by atoms with Crippen LogP contribution in [0.1, 0.15) is 21.5 Å². The molecule has 0 saturated heterocycles. The first-order valence-electron chi connectivity index (χ1n) is 9.70. The lowest BCUT2D eigenvalue weighted by atomic mass is 10.0. The molecule has 1 aliphatic heterocycles. The first-order chi connectivity index (χ1) is 14.5. The number of carbonyl (C=O) groups excluding carboxylic acids is 1. The number of hydrogen-bond acceptors (Lipinski definition) is 3. The SMILES string of the molecule is CN1c2ccccc2C(c2ccccc2)=NCC1CNC(=O)c1ccc(Cl)c(Cl)c1. The Hall–Kier alpha value is -2.82. The Morgan fingerprint density at radius 2 is 1.77 bits per heavy atom. The summed E-state index contributed by atoms with van der Waals surface area (Å²) in [7, 11) is 2.04. The molecular weight excluding hydrogens is 417 g/mol. The second kappa shape index (κ2) is 8.90. The summed E-state index contributed by atoms with van der Waals surface area (Å²) in [5.41, 5.74) is 4.71. The zero-order chi connectivity index (χ0) is 21.1. The number of likely N-dealkylation sites (N-methyl/N-ethyl adjacent to an activating group) is 1. The van der Waals surface area contributed by atoms with E-state index >= 15 is 0 Å². The highest BCUT2D eigenvalue weighted by atomic mass is 35.5. The number of nitrogens with zero attached hydrogens (tertiary/aromatic N) is 2. The fraction of sp³-hybridized carbons (Fsp3) is 0.167. The molecule has 4 nitrogen and oxygen atoms in total. The second-order valence-corrected chi connectivity index (χ2v) is 7.99. The number of benzodiazepines with no additional fused rings is 1. The maximum Gasteiger partial charge on any atom is 0.251 e. The molecule has 152 valence electrons. The van der Waals surface area contributed by atoms with E-state index in [0.29, 0.717) is 28.7 Å². The van der Waals surface area contributed by atoms with Gasteiger partial charge in [-0.1, -0.05) is 71.7 Å². The van der Waals surface area contributed by atoms with Crippen LogP contribution in [0.5, 0.6) is 0 Å². The summed E-state index contributed by atoms with van der Waals surface area (Å²) in [6, 6.07) is 23.3. The maximum atomic E-state index is 12.6. The van der Waals surface area contributed by atoms with Crippen molar-refractivity contribution in [3.63, 3.8) is 0 Å². The number of fused-ring (bicyclic) bond motifs is 1. The van der Waals surface area contributed by atoms with Crippen LogP contribution in [-0.4, -0.2) is 37.8 Å². The number of halogens is 2. The third-order valence-electron chi connectivity index (χ3n) is 5.27. The Bertz CT molecular complexity index is 1100. The number of amides is 1. The highest BCUT2D eigenvalue weighted by molar-refractivity contribution is 6.42. The molecule has 3 aromatic rings. The summed E-state index contributed by atoms with van der Waals surface area (Å²) in [6.07, 6.45) is 0. The van der Waals surface area contributed by atoms with Gasteiger partial charge in [-0.15, -0.1) is 0 Å². The molecule has 4 rings (SSSR count). The maximum absolute atomic E-state index is 12.6. The molecule has 1 unspecified atom stereocenters. The largest absolute Gasteiger partial charge is 0.367 e. The minimum atomic E-state index is -0.188. The molecule has 1 atom stereocenters. The molecule has 0 bridgehead atoms. The number of benzene rings is 3. The van der Waals surface area contributed by atoms with Crippen LogP contribution in [0.4, 0.5) is 5.69 Å². The van der Waals surface area contributed by atoms with Crippen LogP contribution in [0.15, 0.2) is 77.8 Å². The third kappa shape index (κ3) is 4.20. The molecule has 0 saturated carbocycles. The van der Waals surface area contributed by atoms with Crippen LogP contribution in [0.2, 0.25) is 10.0 Å². The second-order valence-electron chi connectivity index (χ2n) is 7.18. The number of nitrogens with one attached hydrogen (secondary N) is 1. The zero-order valence-electron chi connectivity index (χ0n) is 16.5. The van der Waals surface area contributed by atoms with Crippen molar-refractivity contribution in [3.8, 4) is 0 Å². The van der Waals surface area contributed by atoms with Crippen molar-refractivity contribution in [2.24, 2.45) is 4.99 Å². The van der Waals surface area contributed by atoms with E-state index in [1.807, 2.05) is 37.4 Å². The minimum Gasteiger partial charge on any atom is -0.367 e. The van der Waals surface area contributed by atoms with E-state index in [2.05, 4.69) is 34.5 Å². The molecule has 0 radical (unpaired) electrons. The zero-order valence-corrected chi connectivity index (χ0v) is 18.0. The topological polar surface area (TPSA) is 44.7 Å². The Morgan fingerprint density at radius 3 is 2.53 bits per heavy atom. The molecule has 0 spiro atoms. The highest BCUT2D eigenvalue weighted by Crippen LogP contribution is 2.27. The Labute approximate surface area is 186 Å².